The molecule has 5 rings (SSSR count). The summed E-state index contributed by atoms with van der Waals surface area (Å²) >= 11 is 0. The Morgan fingerprint density at radius 3 is 2.67 bits per heavy atom. The number of carboxylic acid groups (broad SMARTS) is 1. The number of carbonyl (C=O) groups is 4. The molecule has 1 aromatic carbocycles. The van der Waals surface area contributed by atoms with Crippen LogP contribution in [-0.2, 0) is 40.5 Å². The minimum absolute atomic E-state index is 0. The molecule has 1 fully saturated rings. The lowest BCUT2D eigenvalue weighted by atomic mass is 9.52. The molecule has 2 bridgehead atoms. The highest BCUT2D eigenvalue weighted by Crippen LogP contribution is 2.64. The standard InChI is InChI=1S/C27H32N2O10.CH4/c1-13(37-14(2)30)24(33)28-16(25(34)35)12-20(32)38-18-7-9-27(36)19-11-15-5-6-17(31)22-21(15)26(27,23(18)39-22)8-4-10-29(19)3;/h5-7,13,16,19,23,31,36H,4,8-12H2,1-3H3,(H,28,33)(H,34,35);1H4/t13-,16-,19+,23-,26-,27+;/m0./s1. The first kappa shape index (κ1) is 29.3. The van der Waals surface area contributed by atoms with Gasteiger partial charge in [-0.2, -0.15) is 0 Å². The van der Waals surface area contributed by atoms with Crippen LogP contribution >= 0.6 is 0 Å². The van der Waals surface area contributed by atoms with Crippen molar-refractivity contribution in [2.45, 2.75) is 88.7 Å². The Morgan fingerprint density at radius 1 is 1.27 bits per heavy atom. The Labute approximate surface area is 231 Å². The van der Waals surface area contributed by atoms with E-state index in [9.17, 15) is 34.5 Å². The van der Waals surface area contributed by atoms with Gasteiger partial charge in [-0.1, -0.05) is 13.5 Å². The quantitative estimate of drug-likeness (QED) is 0.353. The second-order valence-corrected chi connectivity index (χ2v) is 10.8. The van der Waals surface area contributed by atoms with Crippen LogP contribution in [0.1, 0.15) is 58.1 Å². The van der Waals surface area contributed by atoms with Crippen molar-refractivity contribution in [3.05, 3.63) is 35.1 Å². The van der Waals surface area contributed by atoms with Crippen LogP contribution in [0.5, 0.6) is 11.5 Å². The first-order valence-electron chi connectivity index (χ1n) is 12.9. The Morgan fingerprint density at radius 2 is 2.00 bits per heavy atom. The number of ether oxygens (including phenoxy) is 3. The van der Waals surface area contributed by atoms with E-state index >= 15 is 0 Å². The van der Waals surface area contributed by atoms with Crippen LogP contribution in [0.2, 0.25) is 0 Å². The van der Waals surface area contributed by atoms with Gasteiger partial charge in [0.05, 0.1) is 17.4 Å². The molecule has 0 unspecified atom stereocenters. The summed E-state index contributed by atoms with van der Waals surface area (Å²) in [6.45, 7) is 3.14. The van der Waals surface area contributed by atoms with E-state index in [1.54, 1.807) is 12.1 Å². The molecular formula is C28H36N2O10. The van der Waals surface area contributed by atoms with Crippen LogP contribution in [0.3, 0.4) is 0 Å². The molecule has 40 heavy (non-hydrogen) atoms. The molecule has 1 saturated heterocycles. The molecular weight excluding hydrogens is 524 g/mol. The molecule has 1 spiro atoms. The van der Waals surface area contributed by atoms with E-state index in [1.807, 2.05) is 13.1 Å². The van der Waals surface area contributed by atoms with Gasteiger partial charge in [0.2, 0.25) is 0 Å². The minimum Gasteiger partial charge on any atom is -0.504 e. The Bertz CT molecular complexity index is 1280. The van der Waals surface area contributed by atoms with Crippen molar-refractivity contribution in [2.75, 3.05) is 13.6 Å². The summed E-state index contributed by atoms with van der Waals surface area (Å²) in [6.07, 6.45) is 0.715. The summed E-state index contributed by atoms with van der Waals surface area (Å²) in [6, 6.07) is 1.54. The van der Waals surface area contributed by atoms with Crippen molar-refractivity contribution in [2.24, 2.45) is 0 Å². The number of carbonyl (C=O) groups excluding carboxylic acids is 3. The highest BCUT2D eigenvalue weighted by Gasteiger charge is 2.71. The Kier molecular flexibility index (Phi) is 7.63. The molecule has 2 aliphatic heterocycles. The van der Waals surface area contributed by atoms with Crippen LogP contribution in [-0.4, -0.2) is 87.5 Å². The van der Waals surface area contributed by atoms with E-state index in [0.717, 1.165) is 31.0 Å². The van der Waals surface area contributed by atoms with E-state index in [-0.39, 0.29) is 37.1 Å². The van der Waals surface area contributed by atoms with Gasteiger partial charge in [0.25, 0.3) is 5.91 Å². The number of phenols is 1. The summed E-state index contributed by atoms with van der Waals surface area (Å²) < 4.78 is 16.7. The van der Waals surface area contributed by atoms with Gasteiger partial charge >= 0.3 is 17.9 Å². The molecule has 12 nitrogen and oxygen atoms in total. The molecule has 12 heteroatoms. The number of likely N-dealkylation sites (tertiary alicyclic amines) is 1. The number of aliphatic carboxylic acids is 1. The number of rotatable bonds is 7. The smallest absolute Gasteiger partial charge is 0.326 e. The number of aliphatic hydroxyl groups is 1. The SMILES string of the molecule is C.CC(=O)O[C@@H](C)C(=O)N[C@@H](CC(=O)OC1=CC[C@@]2(O)[C@H]3Cc4ccc(O)c5c4[C@@]2(CCCN3C)[C@H]1O5)C(=O)O. The van der Waals surface area contributed by atoms with Gasteiger partial charge in [0, 0.05) is 24.9 Å². The number of nitrogens with zero attached hydrogens (tertiary/aromatic N) is 1. The molecule has 2 heterocycles. The minimum atomic E-state index is -1.63. The van der Waals surface area contributed by atoms with E-state index in [1.165, 1.54) is 6.92 Å². The number of likely N-dealkylation sites (N-methyl/N-ethyl adjacent to an activating group) is 1. The molecule has 0 aromatic heterocycles. The highest BCUT2D eigenvalue weighted by molar-refractivity contribution is 5.89. The molecule has 0 radical (unpaired) electrons. The van der Waals surface area contributed by atoms with Gasteiger partial charge in [-0.05, 0) is 57.5 Å². The van der Waals surface area contributed by atoms with Gasteiger partial charge in [-0.25, -0.2) is 4.79 Å². The van der Waals surface area contributed by atoms with Crippen molar-refractivity contribution >= 4 is 23.8 Å². The molecule has 4 N–H and O–H groups in total. The van der Waals surface area contributed by atoms with Gasteiger partial charge in [-0.15, -0.1) is 0 Å². The van der Waals surface area contributed by atoms with Crippen LogP contribution in [0.15, 0.2) is 24.0 Å². The number of phenolic OH excluding ortho intramolecular Hbond substituents is 1. The summed E-state index contributed by atoms with van der Waals surface area (Å²) in [5.74, 6) is -3.68. The number of esters is 2. The second kappa shape index (κ2) is 10.4. The normalized spacial score (nSPS) is 29.2. The lowest BCUT2D eigenvalue weighted by Gasteiger charge is -2.56. The monoisotopic (exact) mass is 560 g/mol. The van der Waals surface area contributed by atoms with Crippen LogP contribution in [0.4, 0.5) is 0 Å². The predicted octanol–water partition coefficient (Wildman–Crippen LogP) is 1.15. The van der Waals surface area contributed by atoms with Crippen molar-refractivity contribution in [3.63, 3.8) is 0 Å². The van der Waals surface area contributed by atoms with Crippen molar-refractivity contribution in [1.29, 1.82) is 0 Å². The van der Waals surface area contributed by atoms with Crippen molar-refractivity contribution < 1.29 is 48.7 Å². The zero-order valence-corrected chi connectivity index (χ0v) is 21.9. The first-order chi connectivity index (χ1) is 18.4. The van der Waals surface area contributed by atoms with Crippen molar-refractivity contribution in [1.82, 2.24) is 10.2 Å². The van der Waals surface area contributed by atoms with E-state index in [0.29, 0.717) is 12.8 Å². The topological polar surface area (TPSA) is 172 Å². The van der Waals surface area contributed by atoms with Crippen LogP contribution in [0, 0.1) is 0 Å². The van der Waals surface area contributed by atoms with Gasteiger partial charge < -0.3 is 39.7 Å². The number of hydrogen-bond acceptors (Lipinski definition) is 10. The molecule has 218 valence electrons. The number of benzene rings is 1. The number of nitrogens with one attached hydrogen (secondary N) is 1. The van der Waals surface area contributed by atoms with E-state index in [4.69, 9.17) is 14.2 Å². The van der Waals surface area contributed by atoms with Gasteiger partial charge in [0.1, 0.15) is 11.8 Å². The molecule has 4 aliphatic rings. The fraction of sp³-hybridized carbons (Fsp3) is 0.571. The Balaban J connectivity index is 0.00000370. The third-order valence-corrected chi connectivity index (χ3v) is 8.51. The van der Waals surface area contributed by atoms with E-state index < -0.39 is 59.5 Å². The highest BCUT2D eigenvalue weighted by atomic mass is 16.6. The number of amides is 1. The maximum atomic E-state index is 13.0. The molecule has 2 aliphatic carbocycles. The summed E-state index contributed by atoms with van der Waals surface area (Å²) in [4.78, 5) is 50.3. The summed E-state index contributed by atoms with van der Waals surface area (Å²) in [5.41, 5.74) is -0.543. The lowest BCUT2D eigenvalue weighted by molar-refractivity contribution is -0.156. The van der Waals surface area contributed by atoms with E-state index in [2.05, 4.69) is 10.2 Å². The third kappa shape index (κ3) is 4.39. The Hall–Kier alpha value is -3.64. The number of hydrogen-bond donors (Lipinski definition) is 4. The van der Waals surface area contributed by atoms with Crippen LogP contribution in [0.25, 0.3) is 0 Å². The van der Waals surface area contributed by atoms with Crippen LogP contribution < -0.4 is 10.1 Å². The zero-order valence-electron chi connectivity index (χ0n) is 21.9. The third-order valence-electron chi connectivity index (χ3n) is 8.51. The lowest BCUT2D eigenvalue weighted by Crippen LogP contribution is -2.69. The summed E-state index contributed by atoms with van der Waals surface area (Å²) in [5, 5.41) is 34.7. The zero-order chi connectivity index (χ0) is 28.3. The second-order valence-electron chi connectivity index (χ2n) is 10.8. The average Bonchev–Trinajstić information content (AvgIpc) is 3.20. The number of carboxylic acids is 1. The predicted molar refractivity (Wildman–Crippen MR) is 139 cm³/mol. The fourth-order valence-electron chi connectivity index (χ4n) is 6.82. The maximum Gasteiger partial charge on any atom is 0.326 e. The van der Waals surface area contributed by atoms with Gasteiger partial charge in [0.15, 0.2) is 23.7 Å². The molecule has 6 atom stereocenters. The van der Waals surface area contributed by atoms with Crippen molar-refractivity contribution in [3.8, 4) is 11.5 Å². The molecule has 1 amide bonds. The van der Waals surface area contributed by atoms with Gasteiger partial charge in [-0.3, -0.25) is 14.4 Å². The molecule has 0 saturated carbocycles. The number of aromatic hydroxyl groups is 1. The fourth-order valence-corrected chi connectivity index (χ4v) is 6.82. The average molecular weight is 561 g/mol. The molecule has 1 aromatic rings. The largest absolute Gasteiger partial charge is 0.504 e. The summed E-state index contributed by atoms with van der Waals surface area (Å²) in [7, 11) is 1.97. The maximum absolute atomic E-state index is 13.0. The first-order valence-corrected chi connectivity index (χ1v) is 12.9.